The van der Waals surface area contributed by atoms with Crippen LogP contribution in [0.25, 0.3) is 0 Å². The van der Waals surface area contributed by atoms with E-state index in [1.807, 2.05) is 0 Å². The van der Waals surface area contributed by atoms with Crippen LogP contribution in [0.15, 0.2) is 28.7 Å². The van der Waals surface area contributed by atoms with Gasteiger partial charge in [0.25, 0.3) is 5.91 Å². The summed E-state index contributed by atoms with van der Waals surface area (Å²) >= 11 is 3.23. The Morgan fingerprint density at radius 2 is 2.06 bits per heavy atom. The predicted octanol–water partition coefficient (Wildman–Crippen LogP) is 1.74. The molecule has 0 saturated heterocycles. The van der Waals surface area contributed by atoms with Crippen molar-refractivity contribution in [1.82, 2.24) is 5.32 Å². The highest BCUT2D eigenvalue weighted by atomic mass is 79.9. The smallest absolute Gasteiger partial charge is 0.339 e. The number of carbonyl (C=O) groups excluding carboxylic acids is 2. The van der Waals surface area contributed by atoms with Crippen LogP contribution in [0.2, 0.25) is 0 Å². The van der Waals surface area contributed by atoms with Crippen molar-refractivity contribution >= 4 is 27.8 Å². The summed E-state index contributed by atoms with van der Waals surface area (Å²) in [7, 11) is 0. The van der Waals surface area contributed by atoms with Gasteiger partial charge in [-0.3, -0.25) is 4.79 Å². The van der Waals surface area contributed by atoms with Crippen LogP contribution in [0.3, 0.4) is 0 Å². The third kappa shape index (κ3) is 3.66. The Morgan fingerprint density at radius 1 is 1.38 bits per heavy atom. The number of carbonyl (C=O) groups is 2. The van der Waals surface area contributed by atoms with Crippen LogP contribution in [-0.2, 0) is 9.53 Å². The van der Waals surface area contributed by atoms with Crippen LogP contribution in [0.4, 0.5) is 0 Å². The summed E-state index contributed by atoms with van der Waals surface area (Å²) in [4.78, 5) is 22.6. The first kappa shape index (κ1) is 12.7. The number of benzene rings is 1. The number of hydrogen-bond donors (Lipinski definition) is 1. The molecule has 1 amide bonds. The molecule has 0 aromatic heterocycles. The van der Waals surface area contributed by atoms with Crippen LogP contribution in [0.1, 0.15) is 17.3 Å². The van der Waals surface area contributed by atoms with Crippen molar-refractivity contribution in [1.29, 1.82) is 0 Å². The maximum atomic E-state index is 11.5. The lowest BCUT2D eigenvalue weighted by Gasteiger charge is -2.05. The highest BCUT2D eigenvalue weighted by Gasteiger charge is 2.12. The number of ether oxygens (including phenoxy) is 1. The van der Waals surface area contributed by atoms with E-state index in [0.717, 1.165) is 0 Å². The normalized spacial score (nSPS) is 9.62. The fraction of sp³-hybridized carbons (Fsp3) is 0.273. The molecule has 4 nitrogen and oxygen atoms in total. The van der Waals surface area contributed by atoms with Crippen molar-refractivity contribution in [3.63, 3.8) is 0 Å². The van der Waals surface area contributed by atoms with Crippen LogP contribution in [0, 0.1) is 0 Å². The monoisotopic (exact) mass is 285 g/mol. The van der Waals surface area contributed by atoms with Gasteiger partial charge in [0, 0.05) is 11.0 Å². The molecule has 0 radical (unpaired) electrons. The first-order valence-electron chi connectivity index (χ1n) is 4.83. The number of hydrogen-bond acceptors (Lipinski definition) is 3. The topological polar surface area (TPSA) is 55.4 Å². The van der Waals surface area contributed by atoms with Gasteiger partial charge in [0.1, 0.15) is 0 Å². The van der Waals surface area contributed by atoms with Crippen LogP contribution < -0.4 is 5.32 Å². The number of rotatable bonds is 4. The molecule has 0 spiro atoms. The third-order valence-electron chi connectivity index (χ3n) is 1.80. The van der Waals surface area contributed by atoms with E-state index in [9.17, 15) is 9.59 Å². The summed E-state index contributed by atoms with van der Waals surface area (Å²) < 4.78 is 5.49. The molecule has 0 atom stereocenters. The van der Waals surface area contributed by atoms with E-state index >= 15 is 0 Å². The van der Waals surface area contributed by atoms with Crippen LogP contribution >= 0.6 is 15.9 Å². The second-order valence-electron chi connectivity index (χ2n) is 3.01. The summed E-state index contributed by atoms with van der Waals surface area (Å²) in [5.41, 5.74) is 0.409. The molecule has 0 unspecified atom stereocenters. The standard InChI is InChI=1S/C11H12BrNO3/c1-2-13-10(14)7-16-11(15)8-5-3-4-6-9(8)12/h3-6H,2,7H2,1H3,(H,13,14). The Balaban J connectivity index is 2.54. The molecule has 16 heavy (non-hydrogen) atoms. The Labute approximate surface area is 102 Å². The number of halogens is 1. The zero-order chi connectivity index (χ0) is 12.0. The lowest BCUT2D eigenvalue weighted by atomic mass is 10.2. The van der Waals surface area contributed by atoms with Crippen molar-refractivity contribution in [3.8, 4) is 0 Å². The molecule has 1 aromatic carbocycles. The maximum Gasteiger partial charge on any atom is 0.339 e. The fourth-order valence-electron chi connectivity index (χ4n) is 1.08. The summed E-state index contributed by atoms with van der Waals surface area (Å²) in [6.07, 6.45) is 0. The van der Waals surface area contributed by atoms with Gasteiger partial charge in [-0.05, 0) is 35.0 Å². The lowest BCUT2D eigenvalue weighted by molar-refractivity contribution is -0.124. The minimum absolute atomic E-state index is 0.256. The molecule has 0 aliphatic heterocycles. The Morgan fingerprint density at radius 3 is 2.69 bits per heavy atom. The molecule has 0 saturated carbocycles. The molecule has 0 aliphatic rings. The fourth-order valence-corrected chi connectivity index (χ4v) is 1.53. The van der Waals surface area contributed by atoms with Gasteiger partial charge >= 0.3 is 5.97 Å². The molecule has 1 aromatic rings. The van der Waals surface area contributed by atoms with Gasteiger partial charge in [-0.15, -0.1) is 0 Å². The van der Waals surface area contributed by atoms with Crippen LogP contribution in [-0.4, -0.2) is 25.0 Å². The number of likely N-dealkylation sites (N-methyl/N-ethyl adjacent to an activating group) is 1. The van der Waals surface area contributed by atoms with Gasteiger partial charge < -0.3 is 10.1 Å². The molecule has 86 valence electrons. The van der Waals surface area contributed by atoms with E-state index in [2.05, 4.69) is 21.2 Å². The largest absolute Gasteiger partial charge is 0.452 e. The van der Waals surface area contributed by atoms with Gasteiger partial charge in [0.2, 0.25) is 0 Å². The second-order valence-corrected chi connectivity index (χ2v) is 3.86. The number of esters is 1. The van der Waals surface area contributed by atoms with E-state index in [1.165, 1.54) is 0 Å². The zero-order valence-electron chi connectivity index (χ0n) is 8.83. The Kier molecular flexibility index (Phi) is 4.98. The maximum absolute atomic E-state index is 11.5. The minimum atomic E-state index is -0.515. The first-order valence-corrected chi connectivity index (χ1v) is 5.62. The molecular weight excluding hydrogens is 274 g/mol. The third-order valence-corrected chi connectivity index (χ3v) is 2.49. The van der Waals surface area contributed by atoms with E-state index in [-0.39, 0.29) is 12.5 Å². The summed E-state index contributed by atoms with van der Waals surface area (Å²) in [6.45, 7) is 2.06. The van der Waals surface area contributed by atoms with E-state index < -0.39 is 5.97 Å². The molecule has 1 N–H and O–H groups in total. The second kappa shape index (κ2) is 6.27. The van der Waals surface area contributed by atoms with Gasteiger partial charge in [-0.2, -0.15) is 0 Å². The summed E-state index contributed by atoms with van der Waals surface area (Å²) in [5.74, 6) is -0.818. The highest BCUT2D eigenvalue weighted by Crippen LogP contribution is 2.16. The average Bonchev–Trinajstić information content (AvgIpc) is 2.27. The van der Waals surface area contributed by atoms with Crippen molar-refractivity contribution in [2.45, 2.75) is 6.92 Å². The highest BCUT2D eigenvalue weighted by molar-refractivity contribution is 9.10. The average molecular weight is 286 g/mol. The number of amides is 1. The Bertz CT molecular complexity index is 393. The number of nitrogens with one attached hydrogen (secondary N) is 1. The van der Waals surface area contributed by atoms with E-state index in [4.69, 9.17) is 4.74 Å². The van der Waals surface area contributed by atoms with E-state index in [1.54, 1.807) is 31.2 Å². The summed E-state index contributed by atoms with van der Waals surface area (Å²) in [5, 5.41) is 2.54. The zero-order valence-corrected chi connectivity index (χ0v) is 10.4. The van der Waals surface area contributed by atoms with Crippen LogP contribution in [0.5, 0.6) is 0 Å². The molecule has 1 rings (SSSR count). The molecule has 0 aliphatic carbocycles. The molecule has 5 heteroatoms. The van der Waals surface area contributed by atoms with Gasteiger partial charge in [0.05, 0.1) is 5.56 Å². The van der Waals surface area contributed by atoms with Gasteiger partial charge in [-0.1, -0.05) is 12.1 Å². The molecule has 0 bridgehead atoms. The van der Waals surface area contributed by atoms with Gasteiger partial charge in [0.15, 0.2) is 6.61 Å². The molecular formula is C11H12BrNO3. The van der Waals surface area contributed by atoms with Gasteiger partial charge in [-0.25, -0.2) is 4.79 Å². The molecule has 0 fully saturated rings. The minimum Gasteiger partial charge on any atom is -0.452 e. The van der Waals surface area contributed by atoms with Crippen molar-refractivity contribution in [2.75, 3.05) is 13.2 Å². The Hall–Kier alpha value is -1.36. The SMILES string of the molecule is CCNC(=O)COC(=O)c1ccccc1Br. The van der Waals surface area contributed by atoms with E-state index in [0.29, 0.717) is 16.6 Å². The predicted molar refractivity (Wildman–Crippen MR) is 63.1 cm³/mol. The molecule has 0 heterocycles. The van der Waals surface area contributed by atoms with Crippen molar-refractivity contribution in [3.05, 3.63) is 34.3 Å². The first-order chi connectivity index (χ1) is 7.65. The lowest BCUT2D eigenvalue weighted by Crippen LogP contribution is -2.28. The van der Waals surface area contributed by atoms with Crippen molar-refractivity contribution in [2.24, 2.45) is 0 Å². The quantitative estimate of drug-likeness (QED) is 0.858. The summed E-state index contributed by atoms with van der Waals surface area (Å²) in [6, 6.07) is 6.89. The van der Waals surface area contributed by atoms with Crippen molar-refractivity contribution < 1.29 is 14.3 Å².